The van der Waals surface area contributed by atoms with Crippen LogP contribution >= 0.6 is 0 Å². The number of morpholine rings is 1. The Morgan fingerprint density at radius 3 is 2.88 bits per heavy atom. The van der Waals surface area contributed by atoms with Crippen LogP contribution in [-0.4, -0.2) is 69.1 Å². The van der Waals surface area contributed by atoms with E-state index >= 15 is 0 Å². The maximum atomic E-state index is 13.7. The van der Waals surface area contributed by atoms with Crippen molar-refractivity contribution in [1.82, 2.24) is 10.2 Å². The molecule has 1 aromatic carbocycles. The minimum atomic E-state index is -0.351. The van der Waals surface area contributed by atoms with Gasteiger partial charge in [0, 0.05) is 26.7 Å². The van der Waals surface area contributed by atoms with E-state index in [2.05, 4.69) is 15.2 Å². The lowest BCUT2D eigenvalue weighted by Crippen LogP contribution is -2.54. The molecule has 1 aromatic rings. The number of halogens is 1. The van der Waals surface area contributed by atoms with E-state index in [1.54, 1.807) is 25.2 Å². The van der Waals surface area contributed by atoms with Gasteiger partial charge in [-0.2, -0.15) is 0 Å². The highest BCUT2D eigenvalue weighted by Crippen LogP contribution is 2.21. The summed E-state index contributed by atoms with van der Waals surface area (Å²) in [6.45, 7) is 5.46. The fourth-order valence-electron chi connectivity index (χ4n) is 3.35. The summed E-state index contributed by atoms with van der Waals surface area (Å²) < 4.78 is 31.0. The number of rotatable bonds is 5. The van der Waals surface area contributed by atoms with E-state index in [1.807, 2.05) is 6.92 Å². The zero-order chi connectivity index (χ0) is 18.4. The van der Waals surface area contributed by atoms with Crippen LogP contribution in [0.15, 0.2) is 29.3 Å². The largest absolute Gasteiger partial charge is 0.486 e. The molecule has 0 bridgehead atoms. The lowest BCUT2D eigenvalue weighted by atomic mass is 10.1. The molecule has 6 nitrogen and oxygen atoms in total. The Kier molecular flexibility index (Phi) is 6.68. The van der Waals surface area contributed by atoms with Crippen LogP contribution < -0.4 is 10.1 Å². The molecule has 144 valence electrons. The van der Waals surface area contributed by atoms with Crippen molar-refractivity contribution in [3.63, 3.8) is 0 Å². The van der Waals surface area contributed by atoms with E-state index in [1.165, 1.54) is 6.07 Å². The van der Waals surface area contributed by atoms with Gasteiger partial charge in [0.05, 0.1) is 19.3 Å². The summed E-state index contributed by atoms with van der Waals surface area (Å²) in [5.41, 5.74) is 0. The maximum Gasteiger partial charge on any atom is 0.193 e. The second-order valence-electron chi connectivity index (χ2n) is 6.69. The molecule has 0 radical (unpaired) electrons. The van der Waals surface area contributed by atoms with Crippen LogP contribution in [0.5, 0.6) is 5.75 Å². The summed E-state index contributed by atoms with van der Waals surface area (Å²) >= 11 is 0. The Labute approximate surface area is 154 Å². The van der Waals surface area contributed by atoms with Crippen LogP contribution in [0.4, 0.5) is 4.39 Å². The Hall–Kier alpha value is -1.86. The van der Waals surface area contributed by atoms with Gasteiger partial charge in [-0.05, 0) is 31.9 Å². The van der Waals surface area contributed by atoms with Gasteiger partial charge in [-0.3, -0.25) is 4.99 Å². The number of aliphatic imine (C=N–C) groups is 1. The molecule has 3 rings (SSSR count). The molecule has 3 atom stereocenters. The van der Waals surface area contributed by atoms with Crippen LogP contribution in [-0.2, 0) is 9.47 Å². The van der Waals surface area contributed by atoms with Gasteiger partial charge < -0.3 is 24.4 Å². The number of benzene rings is 1. The van der Waals surface area contributed by atoms with Crippen LogP contribution in [0, 0.1) is 5.82 Å². The molecule has 0 aliphatic carbocycles. The molecule has 2 aliphatic heterocycles. The molecule has 3 unspecified atom stereocenters. The average Bonchev–Trinajstić information content (AvgIpc) is 3.19. The zero-order valence-corrected chi connectivity index (χ0v) is 15.5. The van der Waals surface area contributed by atoms with Gasteiger partial charge in [0.15, 0.2) is 17.5 Å². The van der Waals surface area contributed by atoms with Crippen molar-refractivity contribution in [2.24, 2.45) is 4.99 Å². The van der Waals surface area contributed by atoms with E-state index in [0.29, 0.717) is 13.2 Å². The zero-order valence-electron chi connectivity index (χ0n) is 15.5. The van der Waals surface area contributed by atoms with Gasteiger partial charge in [-0.15, -0.1) is 0 Å². The van der Waals surface area contributed by atoms with E-state index in [4.69, 9.17) is 14.2 Å². The number of para-hydroxylation sites is 1. The first-order valence-electron chi connectivity index (χ1n) is 9.27. The van der Waals surface area contributed by atoms with Crippen molar-refractivity contribution in [1.29, 1.82) is 0 Å². The number of ether oxygens (including phenoxy) is 3. The lowest BCUT2D eigenvalue weighted by Gasteiger charge is -2.37. The van der Waals surface area contributed by atoms with Crippen molar-refractivity contribution in [3.8, 4) is 5.75 Å². The van der Waals surface area contributed by atoms with Crippen LogP contribution in [0.1, 0.15) is 19.8 Å². The molecule has 0 spiro atoms. The summed E-state index contributed by atoms with van der Waals surface area (Å²) in [7, 11) is 1.77. The van der Waals surface area contributed by atoms with Gasteiger partial charge in [-0.1, -0.05) is 12.1 Å². The molecule has 0 amide bonds. The van der Waals surface area contributed by atoms with Gasteiger partial charge in [-0.25, -0.2) is 4.39 Å². The number of guanidine groups is 1. The van der Waals surface area contributed by atoms with Gasteiger partial charge in [0.25, 0.3) is 0 Å². The Morgan fingerprint density at radius 1 is 1.35 bits per heavy atom. The van der Waals surface area contributed by atoms with Gasteiger partial charge in [0.2, 0.25) is 0 Å². The molecule has 2 fully saturated rings. The normalized spacial score (nSPS) is 25.2. The first-order valence-corrected chi connectivity index (χ1v) is 9.27. The van der Waals surface area contributed by atoms with E-state index in [-0.39, 0.29) is 29.9 Å². The molecule has 0 aromatic heterocycles. The van der Waals surface area contributed by atoms with Crippen LogP contribution in [0.25, 0.3) is 0 Å². The Bertz CT molecular complexity index is 607. The fraction of sp³-hybridized carbons (Fsp3) is 0.632. The maximum absolute atomic E-state index is 13.7. The Balaban J connectivity index is 1.50. The Morgan fingerprint density at radius 2 is 2.15 bits per heavy atom. The monoisotopic (exact) mass is 365 g/mol. The second-order valence-corrected chi connectivity index (χ2v) is 6.69. The second kappa shape index (κ2) is 9.19. The molecule has 0 saturated carbocycles. The predicted molar refractivity (Wildman–Crippen MR) is 98.1 cm³/mol. The molecule has 2 aliphatic rings. The van der Waals surface area contributed by atoms with Crippen molar-refractivity contribution in [2.75, 3.05) is 39.9 Å². The topological polar surface area (TPSA) is 55.3 Å². The molecule has 7 heteroatoms. The number of nitrogens with zero attached hydrogens (tertiary/aromatic N) is 2. The number of hydrogen-bond donors (Lipinski definition) is 1. The van der Waals surface area contributed by atoms with Crippen molar-refractivity contribution in [3.05, 3.63) is 30.1 Å². The molecule has 2 heterocycles. The molecular weight excluding hydrogens is 337 g/mol. The fourth-order valence-corrected chi connectivity index (χ4v) is 3.35. The van der Waals surface area contributed by atoms with Crippen molar-refractivity contribution < 1.29 is 18.6 Å². The third-order valence-electron chi connectivity index (χ3n) is 4.70. The molecule has 1 N–H and O–H groups in total. The number of hydrogen-bond acceptors (Lipinski definition) is 4. The molecular formula is C19H28FN3O3. The third-order valence-corrected chi connectivity index (χ3v) is 4.70. The molecule has 26 heavy (non-hydrogen) atoms. The van der Waals surface area contributed by atoms with Crippen molar-refractivity contribution >= 4 is 5.96 Å². The first-order chi connectivity index (χ1) is 12.7. The highest BCUT2D eigenvalue weighted by molar-refractivity contribution is 5.80. The highest BCUT2D eigenvalue weighted by Gasteiger charge is 2.32. The van der Waals surface area contributed by atoms with Crippen molar-refractivity contribution in [2.45, 2.75) is 38.1 Å². The smallest absolute Gasteiger partial charge is 0.193 e. The summed E-state index contributed by atoms with van der Waals surface area (Å²) in [6.07, 6.45) is 2.22. The first kappa shape index (κ1) is 18.9. The van der Waals surface area contributed by atoms with E-state index in [9.17, 15) is 4.39 Å². The molecule has 2 saturated heterocycles. The SMILES string of the molecule is CN=C(NCC(C)Oc1ccccc1F)N1CCOC(C2CCCO2)C1. The number of nitrogens with one attached hydrogen (secondary N) is 1. The summed E-state index contributed by atoms with van der Waals surface area (Å²) in [5.74, 6) is 0.721. The quantitative estimate of drug-likeness (QED) is 0.639. The minimum absolute atomic E-state index is 0.0805. The van der Waals surface area contributed by atoms with E-state index in [0.717, 1.165) is 38.5 Å². The standard InChI is InChI=1S/C19H28FN3O3/c1-14(26-16-7-4-3-6-15(16)20)12-22-19(21-2)23-9-11-25-18(13-23)17-8-5-10-24-17/h3-4,6-7,14,17-18H,5,8-13H2,1-2H3,(H,21,22). The van der Waals surface area contributed by atoms with Gasteiger partial charge in [0.1, 0.15) is 12.2 Å². The van der Waals surface area contributed by atoms with Crippen LogP contribution in [0.3, 0.4) is 0 Å². The van der Waals surface area contributed by atoms with Gasteiger partial charge >= 0.3 is 0 Å². The highest BCUT2D eigenvalue weighted by atomic mass is 19.1. The lowest BCUT2D eigenvalue weighted by molar-refractivity contribution is -0.0817. The van der Waals surface area contributed by atoms with Crippen LogP contribution in [0.2, 0.25) is 0 Å². The van der Waals surface area contributed by atoms with E-state index < -0.39 is 0 Å². The third kappa shape index (κ3) is 4.86. The predicted octanol–water partition coefficient (Wildman–Crippen LogP) is 2.05. The minimum Gasteiger partial charge on any atom is -0.486 e. The summed E-state index contributed by atoms with van der Waals surface area (Å²) in [5, 5.41) is 3.32. The summed E-state index contributed by atoms with van der Waals surface area (Å²) in [6, 6.07) is 6.44. The summed E-state index contributed by atoms with van der Waals surface area (Å²) in [4.78, 5) is 6.56. The average molecular weight is 365 g/mol.